The second kappa shape index (κ2) is 10.4. The number of fused-ring (bicyclic) bond motifs is 1. The summed E-state index contributed by atoms with van der Waals surface area (Å²) in [5, 5.41) is 22.9. The number of hydrogen-bond donors (Lipinski definition) is 1. The molecule has 1 aromatic carbocycles. The molecule has 0 bridgehead atoms. The largest absolute Gasteiger partial charge is 0.316 e. The first kappa shape index (κ1) is 25.2. The van der Waals surface area contributed by atoms with Crippen molar-refractivity contribution >= 4 is 34.0 Å². The third kappa shape index (κ3) is 5.36. The molecule has 35 heavy (non-hydrogen) atoms. The monoisotopic (exact) mass is 505 g/mol. The topological polar surface area (TPSA) is 83.6 Å². The van der Waals surface area contributed by atoms with E-state index in [1.165, 1.54) is 16.6 Å². The number of hydrogen-bond acceptors (Lipinski definition) is 6. The number of carbonyl (C=O) groups is 1. The van der Waals surface area contributed by atoms with Gasteiger partial charge in [0, 0.05) is 17.0 Å². The Labute approximate surface area is 215 Å². The summed E-state index contributed by atoms with van der Waals surface area (Å²) in [4.78, 5) is 14.1. The molecule has 2 aromatic heterocycles. The summed E-state index contributed by atoms with van der Waals surface area (Å²) in [5.74, 6) is 1.37. The zero-order valence-electron chi connectivity index (χ0n) is 20.7. The number of nitrogens with one attached hydrogen (secondary N) is 1. The number of rotatable bonds is 7. The van der Waals surface area contributed by atoms with Crippen molar-refractivity contribution in [1.82, 2.24) is 14.8 Å². The maximum atomic E-state index is 12.9. The van der Waals surface area contributed by atoms with Crippen LogP contribution >= 0.6 is 23.1 Å². The van der Waals surface area contributed by atoms with E-state index in [9.17, 15) is 10.1 Å². The molecule has 0 saturated heterocycles. The minimum absolute atomic E-state index is 0.150. The minimum atomic E-state index is -0.150. The summed E-state index contributed by atoms with van der Waals surface area (Å²) in [6.45, 7) is 13.3. The van der Waals surface area contributed by atoms with E-state index in [0.29, 0.717) is 28.2 Å². The van der Waals surface area contributed by atoms with Crippen LogP contribution in [0.5, 0.6) is 0 Å². The molecule has 3 aromatic rings. The molecule has 1 N–H and O–H groups in total. The van der Waals surface area contributed by atoms with Gasteiger partial charge in [-0.1, -0.05) is 62.9 Å². The minimum Gasteiger partial charge on any atom is -0.316 e. The first-order chi connectivity index (χ1) is 16.7. The van der Waals surface area contributed by atoms with Crippen LogP contribution in [0.25, 0.3) is 11.4 Å². The molecule has 1 atom stereocenters. The number of thioether (sulfide) groups is 1. The van der Waals surface area contributed by atoms with Crippen LogP contribution in [0.1, 0.15) is 48.8 Å². The highest BCUT2D eigenvalue weighted by Gasteiger charge is 2.32. The van der Waals surface area contributed by atoms with Crippen molar-refractivity contribution in [3.8, 4) is 17.5 Å². The number of nitriles is 1. The van der Waals surface area contributed by atoms with E-state index in [0.717, 1.165) is 41.8 Å². The van der Waals surface area contributed by atoms with E-state index in [4.69, 9.17) is 0 Å². The summed E-state index contributed by atoms with van der Waals surface area (Å²) in [6.07, 6.45) is 4.74. The Kier molecular flexibility index (Phi) is 7.48. The van der Waals surface area contributed by atoms with Crippen molar-refractivity contribution in [1.29, 1.82) is 5.26 Å². The lowest BCUT2D eigenvalue weighted by Gasteiger charge is -2.33. The first-order valence-corrected chi connectivity index (χ1v) is 13.6. The molecule has 6 nitrogen and oxygen atoms in total. The number of aromatic nitrogens is 3. The number of nitrogens with zero attached hydrogens (tertiary/aromatic N) is 4. The third-order valence-electron chi connectivity index (χ3n) is 6.60. The van der Waals surface area contributed by atoms with E-state index < -0.39 is 0 Å². The fraction of sp³-hybridized carbons (Fsp3) is 0.407. The van der Waals surface area contributed by atoms with Crippen LogP contribution in [0, 0.1) is 29.6 Å². The second-order valence-corrected chi connectivity index (χ2v) is 12.0. The van der Waals surface area contributed by atoms with Crippen LogP contribution in [0.4, 0.5) is 5.00 Å². The number of anilines is 1. The molecule has 8 heteroatoms. The smallest absolute Gasteiger partial charge is 0.235 e. The van der Waals surface area contributed by atoms with Gasteiger partial charge in [-0.25, -0.2) is 0 Å². The van der Waals surface area contributed by atoms with Gasteiger partial charge in [0.2, 0.25) is 5.91 Å². The first-order valence-electron chi connectivity index (χ1n) is 11.8. The molecule has 0 radical (unpaired) electrons. The maximum absolute atomic E-state index is 12.9. The van der Waals surface area contributed by atoms with Gasteiger partial charge in [0.25, 0.3) is 0 Å². The zero-order chi connectivity index (χ0) is 25.2. The molecule has 0 spiro atoms. The fourth-order valence-electron chi connectivity index (χ4n) is 4.54. The predicted molar refractivity (Wildman–Crippen MR) is 144 cm³/mol. The SMILES string of the molecule is C=CCn1c(SCC(=O)Nc2sc3c(c2C#N)CC[C@H](C(C)(C)C)C3)nnc1-c1ccccc1C. The summed E-state index contributed by atoms with van der Waals surface area (Å²) >= 11 is 2.90. The van der Waals surface area contributed by atoms with Crippen LogP contribution in [-0.2, 0) is 24.2 Å². The Morgan fingerprint density at radius 3 is 2.83 bits per heavy atom. The molecule has 4 rings (SSSR count). The van der Waals surface area contributed by atoms with Gasteiger partial charge in [-0.2, -0.15) is 5.26 Å². The van der Waals surface area contributed by atoms with Crippen LogP contribution < -0.4 is 5.32 Å². The van der Waals surface area contributed by atoms with E-state index in [2.05, 4.69) is 48.9 Å². The highest BCUT2D eigenvalue weighted by Crippen LogP contribution is 2.44. The van der Waals surface area contributed by atoms with Gasteiger partial charge in [-0.05, 0) is 48.6 Å². The lowest BCUT2D eigenvalue weighted by Crippen LogP contribution is -2.26. The Hall–Kier alpha value is -2.89. The Morgan fingerprint density at radius 1 is 1.37 bits per heavy atom. The quantitative estimate of drug-likeness (QED) is 0.303. The lowest BCUT2D eigenvalue weighted by molar-refractivity contribution is -0.113. The molecule has 2 heterocycles. The van der Waals surface area contributed by atoms with Gasteiger partial charge >= 0.3 is 0 Å². The van der Waals surface area contributed by atoms with E-state index in [1.807, 2.05) is 35.8 Å². The van der Waals surface area contributed by atoms with Crippen molar-refractivity contribution in [3.63, 3.8) is 0 Å². The number of aryl methyl sites for hydroxylation is 1. The van der Waals surface area contributed by atoms with Gasteiger partial charge in [0.1, 0.15) is 11.1 Å². The third-order valence-corrected chi connectivity index (χ3v) is 8.74. The molecular weight excluding hydrogens is 474 g/mol. The standard InChI is InChI=1S/C27H31N5OS2/c1-6-13-32-24(19-10-8-7-9-17(19)2)30-31-26(32)34-16-23(33)29-25-21(15-28)20-12-11-18(27(3,4)5)14-22(20)35-25/h6-10,18H,1,11-14,16H2,2-5H3,(H,29,33)/t18-/m0/s1. The second-order valence-electron chi connectivity index (χ2n) is 9.98. The number of benzene rings is 1. The van der Waals surface area contributed by atoms with Crippen LogP contribution in [0.3, 0.4) is 0 Å². The van der Waals surface area contributed by atoms with E-state index >= 15 is 0 Å². The highest BCUT2D eigenvalue weighted by atomic mass is 32.2. The van der Waals surface area contributed by atoms with Crippen LogP contribution in [0.2, 0.25) is 0 Å². The van der Waals surface area contributed by atoms with Crippen LogP contribution in [-0.4, -0.2) is 26.4 Å². The molecule has 0 aliphatic heterocycles. The molecule has 0 unspecified atom stereocenters. The van der Waals surface area contributed by atoms with Crippen molar-refractivity contribution in [2.75, 3.05) is 11.1 Å². The molecule has 1 aliphatic carbocycles. The van der Waals surface area contributed by atoms with Crippen molar-refractivity contribution < 1.29 is 4.79 Å². The highest BCUT2D eigenvalue weighted by molar-refractivity contribution is 7.99. The van der Waals surface area contributed by atoms with E-state index in [-0.39, 0.29) is 17.1 Å². The number of amides is 1. The van der Waals surface area contributed by atoms with Gasteiger partial charge in [0.05, 0.1) is 11.3 Å². The molecule has 0 saturated carbocycles. The van der Waals surface area contributed by atoms with Crippen molar-refractivity contribution in [2.24, 2.45) is 11.3 Å². The Balaban J connectivity index is 1.48. The van der Waals surface area contributed by atoms with Gasteiger partial charge < -0.3 is 5.32 Å². The number of thiophene rings is 1. The average molecular weight is 506 g/mol. The number of carbonyl (C=O) groups excluding carboxylic acids is 1. The zero-order valence-corrected chi connectivity index (χ0v) is 22.4. The molecule has 1 aliphatic rings. The summed E-state index contributed by atoms with van der Waals surface area (Å²) in [7, 11) is 0. The summed E-state index contributed by atoms with van der Waals surface area (Å²) in [5.41, 5.74) is 4.10. The summed E-state index contributed by atoms with van der Waals surface area (Å²) in [6, 6.07) is 10.4. The van der Waals surface area contributed by atoms with Gasteiger partial charge in [-0.15, -0.1) is 28.1 Å². The molecule has 182 valence electrons. The molecular formula is C27H31N5OS2. The fourth-order valence-corrected chi connectivity index (χ4v) is 6.58. The van der Waals surface area contributed by atoms with Crippen LogP contribution in [0.15, 0.2) is 42.1 Å². The molecule has 0 fully saturated rings. The lowest BCUT2D eigenvalue weighted by atomic mass is 9.72. The van der Waals surface area contributed by atoms with Crippen molar-refractivity contribution in [2.45, 2.75) is 58.7 Å². The summed E-state index contributed by atoms with van der Waals surface area (Å²) < 4.78 is 1.98. The van der Waals surface area contributed by atoms with E-state index in [1.54, 1.807) is 17.4 Å². The number of allylic oxidation sites excluding steroid dienone is 1. The van der Waals surface area contributed by atoms with Gasteiger partial charge in [0.15, 0.2) is 11.0 Å². The maximum Gasteiger partial charge on any atom is 0.235 e. The average Bonchev–Trinajstić information content (AvgIpc) is 3.37. The molecule has 1 amide bonds. The van der Waals surface area contributed by atoms with Gasteiger partial charge in [-0.3, -0.25) is 9.36 Å². The van der Waals surface area contributed by atoms with Crippen molar-refractivity contribution in [3.05, 3.63) is 58.5 Å². The normalized spacial score (nSPS) is 15.3. The Bertz CT molecular complexity index is 1290. The Morgan fingerprint density at radius 2 is 2.14 bits per heavy atom. The predicted octanol–water partition coefficient (Wildman–Crippen LogP) is 6.25.